The van der Waals surface area contributed by atoms with Gasteiger partial charge in [0.2, 0.25) is 0 Å². The highest BCUT2D eigenvalue weighted by Crippen LogP contribution is 2.32. The molecule has 0 N–H and O–H groups in total. The zero-order valence-electron chi connectivity index (χ0n) is 9.02. The van der Waals surface area contributed by atoms with Crippen LogP contribution in [0, 0.1) is 3.57 Å². The fourth-order valence-corrected chi connectivity index (χ4v) is 4.02. The van der Waals surface area contributed by atoms with E-state index in [0.29, 0.717) is 0 Å². The molecule has 0 aliphatic carbocycles. The lowest BCUT2D eigenvalue weighted by Crippen LogP contribution is -1.81. The second-order valence-corrected chi connectivity index (χ2v) is 7.25. The summed E-state index contributed by atoms with van der Waals surface area (Å²) in [4.78, 5) is 5.74. The largest absolute Gasteiger partial charge is 0.283 e. The van der Waals surface area contributed by atoms with Crippen molar-refractivity contribution in [1.29, 1.82) is 0 Å². The second-order valence-electron chi connectivity index (χ2n) is 4.08. The van der Waals surface area contributed by atoms with Gasteiger partial charge in [0.25, 0.3) is 0 Å². The van der Waals surface area contributed by atoms with Crippen molar-refractivity contribution in [2.24, 2.45) is 0 Å². The minimum absolute atomic E-state index is 1.06. The molecule has 2 aromatic heterocycles. The summed E-state index contributed by atoms with van der Waals surface area (Å²) in [6.45, 7) is 0. The Hall–Kier alpha value is -0.660. The summed E-state index contributed by atoms with van der Waals surface area (Å²) in [6, 6.07) is 12.7. The number of hydrogen-bond donors (Lipinski definition) is 0. The van der Waals surface area contributed by atoms with E-state index in [1.54, 1.807) is 11.3 Å². The number of thiazole rings is 1. The molecule has 0 amide bonds. The van der Waals surface area contributed by atoms with Gasteiger partial charge in [0.15, 0.2) is 4.96 Å². The molecular formula is C13H6BrIN2S. The van der Waals surface area contributed by atoms with Gasteiger partial charge in [-0.05, 0) is 59.0 Å². The SMILES string of the molecule is Brc1ccc2sc3nc4ccc(I)cc4n3c2c1. The Kier molecular flexibility index (Phi) is 2.43. The van der Waals surface area contributed by atoms with E-state index in [1.807, 2.05) is 0 Å². The van der Waals surface area contributed by atoms with Crippen LogP contribution in [0.5, 0.6) is 0 Å². The maximum atomic E-state index is 4.69. The minimum atomic E-state index is 1.06. The Bertz CT molecular complexity index is 838. The molecule has 0 bridgehead atoms. The van der Waals surface area contributed by atoms with E-state index in [4.69, 9.17) is 0 Å². The number of imidazole rings is 1. The third-order valence-electron chi connectivity index (χ3n) is 2.95. The van der Waals surface area contributed by atoms with E-state index < -0.39 is 0 Å². The summed E-state index contributed by atoms with van der Waals surface area (Å²) in [5.74, 6) is 0. The van der Waals surface area contributed by atoms with Gasteiger partial charge in [0.05, 0.1) is 21.3 Å². The van der Waals surface area contributed by atoms with Gasteiger partial charge in [-0.2, -0.15) is 0 Å². The molecule has 2 heterocycles. The van der Waals surface area contributed by atoms with E-state index >= 15 is 0 Å². The molecule has 0 fully saturated rings. The number of halogens is 2. The summed E-state index contributed by atoms with van der Waals surface area (Å²) in [5.41, 5.74) is 3.46. The van der Waals surface area contributed by atoms with Crippen LogP contribution < -0.4 is 0 Å². The van der Waals surface area contributed by atoms with Gasteiger partial charge in [-0.1, -0.05) is 27.3 Å². The van der Waals surface area contributed by atoms with Crippen molar-refractivity contribution in [3.8, 4) is 0 Å². The molecule has 0 unspecified atom stereocenters. The fraction of sp³-hybridized carbons (Fsp3) is 0. The molecule has 88 valence electrons. The molecular weight excluding hydrogens is 423 g/mol. The average molecular weight is 429 g/mol. The summed E-state index contributed by atoms with van der Waals surface area (Å²) in [7, 11) is 0. The molecule has 18 heavy (non-hydrogen) atoms. The van der Waals surface area contributed by atoms with Crippen molar-refractivity contribution in [2.45, 2.75) is 0 Å². The number of hydrogen-bond acceptors (Lipinski definition) is 2. The third kappa shape index (κ3) is 1.53. The van der Waals surface area contributed by atoms with E-state index in [2.05, 4.69) is 84.3 Å². The molecule has 0 radical (unpaired) electrons. The fourth-order valence-electron chi connectivity index (χ4n) is 2.18. The lowest BCUT2D eigenvalue weighted by Gasteiger charge is -1.96. The topological polar surface area (TPSA) is 17.3 Å². The molecule has 0 spiro atoms. The highest BCUT2D eigenvalue weighted by atomic mass is 127. The van der Waals surface area contributed by atoms with Crippen LogP contribution in [0.3, 0.4) is 0 Å². The number of benzene rings is 2. The number of fused-ring (bicyclic) bond motifs is 5. The van der Waals surface area contributed by atoms with Crippen LogP contribution in [-0.4, -0.2) is 9.38 Å². The lowest BCUT2D eigenvalue weighted by atomic mass is 10.3. The predicted octanol–water partition coefficient (Wildman–Crippen LogP) is 5.07. The van der Waals surface area contributed by atoms with Crippen LogP contribution in [0.1, 0.15) is 0 Å². The summed E-state index contributed by atoms with van der Waals surface area (Å²) in [6.07, 6.45) is 0. The van der Waals surface area contributed by atoms with E-state index in [1.165, 1.54) is 19.3 Å². The monoisotopic (exact) mass is 428 g/mol. The first-order valence-electron chi connectivity index (χ1n) is 5.38. The highest BCUT2D eigenvalue weighted by molar-refractivity contribution is 14.1. The molecule has 0 saturated carbocycles. The van der Waals surface area contributed by atoms with Gasteiger partial charge in [0, 0.05) is 8.04 Å². The zero-order valence-corrected chi connectivity index (χ0v) is 13.6. The Morgan fingerprint density at radius 2 is 2.00 bits per heavy atom. The van der Waals surface area contributed by atoms with Crippen molar-refractivity contribution >= 4 is 76.1 Å². The van der Waals surface area contributed by atoms with Crippen molar-refractivity contribution in [3.05, 3.63) is 44.4 Å². The molecule has 0 saturated heterocycles. The summed E-state index contributed by atoms with van der Waals surface area (Å²) in [5, 5.41) is 0. The van der Waals surface area contributed by atoms with Gasteiger partial charge in [0.1, 0.15) is 0 Å². The van der Waals surface area contributed by atoms with Crippen LogP contribution >= 0.6 is 49.9 Å². The van der Waals surface area contributed by atoms with Gasteiger partial charge < -0.3 is 0 Å². The average Bonchev–Trinajstić information content (AvgIpc) is 2.85. The minimum Gasteiger partial charge on any atom is -0.283 e. The maximum Gasteiger partial charge on any atom is 0.195 e. The van der Waals surface area contributed by atoms with Crippen molar-refractivity contribution in [2.75, 3.05) is 0 Å². The molecule has 0 aliphatic heterocycles. The molecule has 2 nitrogen and oxygen atoms in total. The summed E-state index contributed by atoms with van der Waals surface area (Å²) < 4.78 is 5.84. The standard InChI is InChI=1S/C13H6BrIN2S/c14-7-1-4-12-11(5-7)17-10-6-8(15)2-3-9(10)16-13(17)18-12/h1-6H. The number of aromatic nitrogens is 2. The van der Waals surface area contributed by atoms with Gasteiger partial charge in [-0.15, -0.1) is 0 Å². The Morgan fingerprint density at radius 3 is 2.89 bits per heavy atom. The first-order chi connectivity index (χ1) is 8.72. The van der Waals surface area contributed by atoms with Crippen LogP contribution in [0.2, 0.25) is 0 Å². The van der Waals surface area contributed by atoms with Crippen LogP contribution in [0.4, 0.5) is 0 Å². The van der Waals surface area contributed by atoms with Crippen LogP contribution in [0.25, 0.3) is 26.2 Å². The zero-order chi connectivity index (χ0) is 12.3. The normalized spacial score (nSPS) is 11.9. The second kappa shape index (κ2) is 3.91. The Balaban J connectivity index is 2.30. The molecule has 4 rings (SSSR count). The Labute approximate surface area is 129 Å². The molecule has 0 atom stereocenters. The van der Waals surface area contributed by atoms with Gasteiger partial charge in [-0.3, -0.25) is 4.40 Å². The smallest absolute Gasteiger partial charge is 0.195 e. The van der Waals surface area contributed by atoms with Gasteiger partial charge in [-0.25, -0.2) is 4.98 Å². The Morgan fingerprint density at radius 1 is 1.11 bits per heavy atom. The van der Waals surface area contributed by atoms with Crippen molar-refractivity contribution in [3.63, 3.8) is 0 Å². The highest BCUT2D eigenvalue weighted by Gasteiger charge is 2.11. The lowest BCUT2D eigenvalue weighted by molar-refractivity contribution is 1.34. The quantitative estimate of drug-likeness (QED) is 0.357. The molecule has 0 aliphatic rings. The number of nitrogens with zero attached hydrogens (tertiary/aromatic N) is 2. The predicted molar refractivity (Wildman–Crippen MR) is 88.5 cm³/mol. The molecule has 2 aromatic carbocycles. The first-order valence-corrected chi connectivity index (χ1v) is 8.07. The summed E-state index contributed by atoms with van der Waals surface area (Å²) >= 11 is 7.61. The number of rotatable bonds is 0. The van der Waals surface area contributed by atoms with Crippen LogP contribution in [0.15, 0.2) is 40.9 Å². The van der Waals surface area contributed by atoms with Crippen molar-refractivity contribution < 1.29 is 0 Å². The third-order valence-corrected chi connectivity index (χ3v) is 5.13. The van der Waals surface area contributed by atoms with E-state index in [9.17, 15) is 0 Å². The van der Waals surface area contributed by atoms with E-state index in [0.717, 1.165) is 15.0 Å². The molecule has 5 heteroatoms. The van der Waals surface area contributed by atoms with Crippen molar-refractivity contribution in [1.82, 2.24) is 9.38 Å². The van der Waals surface area contributed by atoms with Gasteiger partial charge >= 0.3 is 0 Å². The molecule has 4 aromatic rings. The first kappa shape index (κ1) is 11.2. The maximum absolute atomic E-state index is 4.69. The van der Waals surface area contributed by atoms with E-state index in [-0.39, 0.29) is 0 Å². The van der Waals surface area contributed by atoms with Crippen LogP contribution in [-0.2, 0) is 0 Å².